The van der Waals surface area contributed by atoms with Crippen LogP contribution in [0, 0.1) is 12.7 Å². The number of amides is 2. The summed E-state index contributed by atoms with van der Waals surface area (Å²) in [5.41, 5.74) is 11.7. The van der Waals surface area contributed by atoms with E-state index in [0.29, 0.717) is 23.6 Å². The van der Waals surface area contributed by atoms with Gasteiger partial charge in [-0.15, -0.1) is 0 Å². The molecule has 4 aromatic rings. The van der Waals surface area contributed by atoms with E-state index < -0.39 is 11.8 Å². The number of hydrogen-bond donors (Lipinski definition) is 2. The van der Waals surface area contributed by atoms with Crippen LogP contribution in [0.2, 0.25) is 0 Å². The Morgan fingerprint density at radius 1 is 1.12 bits per heavy atom. The molecular formula is C26H24FN5O2. The molecule has 1 aromatic heterocycles. The summed E-state index contributed by atoms with van der Waals surface area (Å²) < 4.78 is 15.5. The summed E-state index contributed by atoms with van der Waals surface area (Å²) in [6.45, 7) is 2.48. The molecule has 5 rings (SSSR count). The van der Waals surface area contributed by atoms with Gasteiger partial charge in [0.15, 0.2) is 0 Å². The number of hydrogen-bond acceptors (Lipinski definition) is 4. The van der Waals surface area contributed by atoms with Crippen molar-refractivity contribution in [3.8, 4) is 11.4 Å². The highest BCUT2D eigenvalue weighted by Gasteiger charge is 2.29. The molecule has 0 aliphatic carbocycles. The van der Waals surface area contributed by atoms with Crippen LogP contribution in [0.5, 0.6) is 0 Å². The lowest BCUT2D eigenvalue weighted by Crippen LogP contribution is -2.45. The first-order valence-electron chi connectivity index (χ1n) is 11.0. The number of aryl methyl sites for hydroxylation is 2. The van der Waals surface area contributed by atoms with Crippen molar-refractivity contribution < 1.29 is 14.0 Å². The Labute approximate surface area is 196 Å². The molecule has 8 heteroatoms. The summed E-state index contributed by atoms with van der Waals surface area (Å²) in [4.78, 5) is 31.6. The van der Waals surface area contributed by atoms with Gasteiger partial charge in [-0.2, -0.15) is 0 Å². The molecule has 0 bridgehead atoms. The fourth-order valence-corrected chi connectivity index (χ4v) is 4.49. The van der Waals surface area contributed by atoms with E-state index in [1.165, 1.54) is 17.0 Å². The minimum absolute atomic E-state index is 0.286. The number of nitrogens with zero attached hydrogens (tertiary/aromatic N) is 3. The Morgan fingerprint density at radius 3 is 2.71 bits per heavy atom. The number of rotatable bonds is 2. The van der Waals surface area contributed by atoms with Gasteiger partial charge in [-0.1, -0.05) is 24.3 Å². The second-order valence-corrected chi connectivity index (χ2v) is 8.60. The van der Waals surface area contributed by atoms with Crippen LogP contribution in [0.25, 0.3) is 22.4 Å². The van der Waals surface area contributed by atoms with Gasteiger partial charge in [-0.3, -0.25) is 9.59 Å². The third kappa shape index (κ3) is 3.82. The van der Waals surface area contributed by atoms with Crippen molar-refractivity contribution in [3.05, 3.63) is 83.2 Å². The first-order chi connectivity index (χ1) is 16.3. The lowest BCUT2D eigenvalue weighted by atomic mass is 9.96. The summed E-state index contributed by atoms with van der Waals surface area (Å²) in [6.07, 6.45) is 0. The Bertz CT molecular complexity index is 1440. The molecule has 7 nitrogen and oxygen atoms in total. The number of aromatic nitrogens is 2. The van der Waals surface area contributed by atoms with Crippen LogP contribution in [0.1, 0.15) is 22.7 Å². The predicted octanol–water partition coefficient (Wildman–Crippen LogP) is 3.67. The fourth-order valence-electron chi connectivity index (χ4n) is 4.49. The van der Waals surface area contributed by atoms with E-state index in [1.54, 1.807) is 12.1 Å². The molecule has 0 saturated carbocycles. The molecule has 3 aromatic carbocycles. The largest absolute Gasteiger partial charge is 0.328 e. The summed E-state index contributed by atoms with van der Waals surface area (Å²) >= 11 is 0. The van der Waals surface area contributed by atoms with Gasteiger partial charge in [-0.05, 0) is 53.9 Å². The fraction of sp³-hybridized carbons (Fsp3) is 0.192. The molecule has 2 amide bonds. The lowest BCUT2D eigenvalue weighted by molar-refractivity contribution is -0.144. The maximum atomic E-state index is 13.6. The van der Waals surface area contributed by atoms with E-state index in [9.17, 15) is 14.0 Å². The minimum Gasteiger partial charge on any atom is -0.328 e. The van der Waals surface area contributed by atoms with Gasteiger partial charge < -0.3 is 20.5 Å². The topological polar surface area (TPSA) is 93.2 Å². The molecule has 0 spiro atoms. The van der Waals surface area contributed by atoms with E-state index in [1.807, 2.05) is 54.9 Å². The minimum atomic E-state index is -0.708. The molecule has 0 radical (unpaired) electrons. The maximum absolute atomic E-state index is 13.6. The lowest BCUT2D eigenvalue weighted by Gasteiger charge is -2.32. The summed E-state index contributed by atoms with van der Waals surface area (Å²) in [5.74, 6) is -0.987. The van der Waals surface area contributed by atoms with Crippen LogP contribution in [0.15, 0.2) is 60.7 Å². The number of anilines is 1. The van der Waals surface area contributed by atoms with E-state index >= 15 is 0 Å². The Morgan fingerprint density at radius 2 is 1.91 bits per heavy atom. The number of halogens is 1. The van der Waals surface area contributed by atoms with Crippen molar-refractivity contribution in [1.29, 1.82) is 0 Å². The van der Waals surface area contributed by atoms with Crippen molar-refractivity contribution in [2.75, 3.05) is 11.9 Å². The van der Waals surface area contributed by atoms with Gasteiger partial charge in [0.25, 0.3) is 0 Å². The van der Waals surface area contributed by atoms with Crippen molar-refractivity contribution >= 4 is 28.5 Å². The van der Waals surface area contributed by atoms with Gasteiger partial charge in [0.05, 0.1) is 11.0 Å². The zero-order valence-corrected chi connectivity index (χ0v) is 18.9. The number of benzene rings is 3. The van der Waals surface area contributed by atoms with Crippen molar-refractivity contribution in [2.24, 2.45) is 12.8 Å². The predicted molar refractivity (Wildman–Crippen MR) is 128 cm³/mol. The number of nitrogens with one attached hydrogen (secondary N) is 1. The summed E-state index contributed by atoms with van der Waals surface area (Å²) in [7, 11) is 1.87. The number of fused-ring (bicyclic) bond motifs is 2. The Hall–Kier alpha value is -4.04. The molecule has 34 heavy (non-hydrogen) atoms. The molecule has 172 valence electrons. The van der Waals surface area contributed by atoms with Gasteiger partial charge in [0.1, 0.15) is 11.6 Å². The molecular weight excluding hydrogens is 433 g/mol. The second-order valence-electron chi connectivity index (χ2n) is 8.60. The van der Waals surface area contributed by atoms with Crippen LogP contribution in [0.4, 0.5) is 10.1 Å². The first-order valence-corrected chi connectivity index (χ1v) is 11.0. The highest BCUT2D eigenvalue weighted by Crippen LogP contribution is 2.28. The van der Waals surface area contributed by atoms with Crippen LogP contribution in [-0.4, -0.2) is 32.8 Å². The smallest absolute Gasteiger partial charge is 0.313 e. The average molecular weight is 458 g/mol. The van der Waals surface area contributed by atoms with E-state index in [-0.39, 0.29) is 18.4 Å². The molecule has 1 unspecified atom stereocenters. The van der Waals surface area contributed by atoms with Crippen molar-refractivity contribution in [1.82, 2.24) is 14.5 Å². The molecule has 1 aliphatic rings. The molecule has 1 atom stereocenters. The SMILES string of the molecule is Cc1cc(-c2nc3cc(F)ccc3n2C)ccc1NC(=O)C(=O)N1Cc2ccccc2C(N)C1. The monoisotopic (exact) mass is 457 g/mol. The number of carbonyl (C=O) groups excluding carboxylic acids is 2. The Balaban J connectivity index is 1.34. The number of nitrogens with two attached hydrogens (primary N) is 1. The molecule has 3 N–H and O–H groups in total. The van der Waals surface area contributed by atoms with Crippen LogP contribution in [-0.2, 0) is 23.2 Å². The van der Waals surface area contributed by atoms with Gasteiger partial charge in [0.2, 0.25) is 0 Å². The highest BCUT2D eigenvalue weighted by atomic mass is 19.1. The molecule has 0 fully saturated rings. The second kappa shape index (κ2) is 8.39. The van der Waals surface area contributed by atoms with Gasteiger partial charge in [-0.25, -0.2) is 9.37 Å². The normalized spacial score (nSPS) is 15.3. The van der Waals surface area contributed by atoms with Crippen LogP contribution < -0.4 is 11.1 Å². The number of imidazole rings is 1. The quantitative estimate of drug-likeness (QED) is 0.449. The third-order valence-corrected chi connectivity index (χ3v) is 6.29. The Kier molecular flexibility index (Phi) is 5.37. The van der Waals surface area contributed by atoms with Gasteiger partial charge >= 0.3 is 11.8 Å². The van der Waals surface area contributed by atoms with Crippen molar-refractivity contribution in [2.45, 2.75) is 19.5 Å². The summed E-state index contributed by atoms with van der Waals surface area (Å²) in [6, 6.07) is 17.3. The maximum Gasteiger partial charge on any atom is 0.313 e. The average Bonchev–Trinajstić information content (AvgIpc) is 3.15. The zero-order chi connectivity index (χ0) is 24.0. The molecule has 2 heterocycles. The number of carbonyl (C=O) groups is 2. The van der Waals surface area contributed by atoms with Crippen molar-refractivity contribution in [3.63, 3.8) is 0 Å². The van der Waals surface area contributed by atoms with E-state index in [4.69, 9.17) is 5.73 Å². The van der Waals surface area contributed by atoms with Crippen LogP contribution >= 0.6 is 0 Å². The summed E-state index contributed by atoms with van der Waals surface area (Å²) in [5, 5.41) is 2.73. The zero-order valence-electron chi connectivity index (χ0n) is 18.9. The molecule has 1 aliphatic heterocycles. The molecule has 0 saturated heterocycles. The third-order valence-electron chi connectivity index (χ3n) is 6.29. The van der Waals surface area contributed by atoms with E-state index in [0.717, 1.165) is 27.8 Å². The van der Waals surface area contributed by atoms with Gasteiger partial charge in [0, 0.05) is 43.5 Å². The standard InChI is InChI=1S/C26H24FN5O2/c1-15-11-16(24-29-22-12-18(27)8-10-23(22)31(24)2)7-9-21(15)30-25(33)26(34)32-13-17-5-3-4-6-19(17)20(28)14-32/h3-12,20H,13-14,28H2,1-2H3,(H,30,33). The highest BCUT2D eigenvalue weighted by molar-refractivity contribution is 6.39. The van der Waals surface area contributed by atoms with Crippen LogP contribution in [0.3, 0.4) is 0 Å². The van der Waals surface area contributed by atoms with E-state index in [2.05, 4.69) is 10.3 Å². The first kappa shape index (κ1) is 21.8.